The van der Waals surface area contributed by atoms with E-state index < -0.39 is 11.1 Å². The molecule has 1 atom stereocenters. The SMILES string of the molecule is O=S(O)c1c[nH]c(-c2ccoc2)c1. The van der Waals surface area contributed by atoms with Crippen molar-refractivity contribution in [3.63, 3.8) is 0 Å². The molecule has 0 spiro atoms. The van der Waals surface area contributed by atoms with Crippen LogP contribution in [-0.2, 0) is 11.1 Å². The summed E-state index contributed by atoms with van der Waals surface area (Å²) in [4.78, 5) is 3.23. The van der Waals surface area contributed by atoms with Crippen molar-refractivity contribution in [1.29, 1.82) is 0 Å². The first-order valence-electron chi connectivity index (χ1n) is 3.59. The van der Waals surface area contributed by atoms with Gasteiger partial charge < -0.3 is 14.0 Å². The Bertz CT molecular complexity index is 418. The Kier molecular flexibility index (Phi) is 2.03. The zero-order valence-electron chi connectivity index (χ0n) is 6.56. The monoisotopic (exact) mass is 197 g/mol. The van der Waals surface area contributed by atoms with Gasteiger partial charge in [-0.3, -0.25) is 0 Å². The van der Waals surface area contributed by atoms with E-state index in [2.05, 4.69) is 4.98 Å². The molecule has 13 heavy (non-hydrogen) atoms. The van der Waals surface area contributed by atoms with E-state index in [1.165, 1.54) is 6.20 Å². The van der Waals surface area contributed by atoms with Gasteiger partial charge in [0.1, 0.15) is 0 Å². The average Bonchev–Trinajstić information content (AvgIpc) is 2.75. The van der Waals surface area contributed by atoms with Crippen molar-refractivity contribution in [2.45, 2.75) is 4.90 Å². The summed E-state index contributed by atoms with van der Waals surface area (Å²) >= 11 is -1.93. The molecule has 2 aromatic heterocycles. The Balaban J connectivity index is 2.39. The third kappa shape index (κ3) is 1.56. The van der Waals surface area contributed by atoms with Gasteiger partial charge >= 0.3 is 0 Å². The molecular weight excluding hydrogens is 190 g/mol. The van der Waals surface area contributed by atoms with Gasteiger partial charge in [0.25, 0.3) is 0 Å². The van der Waals surface area contributed by atoms with Gasteiger partial charge in [-0.2, -0.15) is 0 Å². The first kappa shape index (κ1) is 8.28. The molecule has 0 radical (unpaired) electrons. The largest absolute Gasteiger partial charge is 0.472 e. The average molecular weight is 197 g/mol. The molecule has 0 bridgehead atoms. The smallest absolute Gasteiger partial charge is 0.188 e. The number of hydrogen-bond acceptors (Lipinski definition) is 2. The minimum atomic E-state index is -1.93. The third-order valence-electron chi connectivity index (χ3n) is 1.69. The molecule has 0 aliphatic carbocycles. The molecule has 0 saturated carbocycles. The van der Waals surface area contributed by atoms with Gasteiger partial charge in [0, 0.05) is 17.5 Å². The molecule has 0 aliphatic rings. The quantitative estimate of drug-likeness (QED) is 0.722. The zero-order valence-corrected chi connectivity index (χ0v) is 7.38. The predicted molar refractivity (Wildman–Crippen MR) is 47.5 cm³/mol. The second-order valence-electron chi connectivity index (χ2n) is 2.51. The Morgan fingerprint density at radius 1 is 1.54 bits per heavy atom. The van der Waals surface area contributed by atoms with Gasteiger partial charge in [-0.1, -0.05) is 0 Å². The number of aromatic amines is 1. The van der Waals surface area contributed by atoms with Gasteiger partial charge in [-0.25, -0.2) is 4.21 Å². The standard InChI is InChI=1S/C8H7NO3S/c10-13(11)7-3-8(9-4-7)6-1-2-12-5-6/h1-5,9H,(H,10,11). The van der Waals surface area contributed by atoms with Crippen LogP contribution in [0.1, 0.15) is 0 Å². The van der Waals surface area contributed by atoms with Gasteiger partial charge in [0.05, 0.1) is 17.4 Å². The lowest BCUT2D eigenvalue weighted by Gasteiger charge is -1.86. The molecule has 0 saturated heterocycles. The Labute approximate surface area is 76.9 Å². The maximum Gasteiger partial charge on any atom is 0.188 e. The summed E-state index contributed by atoms with van der Waals surface area (Å²) in [6, 6.07) is 3.39. The molecule has 0 aliphatic heterocycles. The molecule has 5 heteroatoms. The van der Waals surface area contributed by atoms with Gasteiger partial charge in [-0.15, -0.1) is 0 Å². The maximum absolute atomic E-state index is 10.7. The van der Waals surface area contributed by atoms with Gasteiger partial charge in [0.2, 0.25) is 0 Å². The molecular formula is C8H7NO3S. The topological polar surface area (TPSA) is 66.2 Å². The number of furan rings is 1. The molecule has 1 unspecified atom stereocenters. The highest BCUT2D eigenvalue weighted by Crippen LogP contribution is 2.20. The fraction of sp³-hybridized carbons (Fsp3) is 0. The second kappa shape index (κ2) is 3.20. The van der Waals surface area contributed by atoms with E-state index in [1.54, 1.807) is 24.7 Å². The van der Waals surface area contributed by atoms with Crippen LogP contribution >= 0.6 is 0 Å². The molecule has 4 nitrogen and oxygen atoms in total. The van der Waals surface area contributed by atoms with Crippen molar-refractivity contribution in [3.05, 3.63) is 30.9 Å². The molecule has 2 N–H and O–H groups in total. The summed E-state index contributed by atoms with van der Waals surface area (Å²) in [5, 5.41) is 0. The molecule has 2 rings (SSSR count). The van der Waals surface area contributed by atoms with Crippen molar-refractivity contribution in [3.8, 4) is 11.3 Å². The van der Waals surface area contributed by atoms with Crippen LogP contribution in [-0.4, -0.2) is 13.7 Å². The number of aromatic nitrogens is 1. The normalized spacial score (nSPS) is 13.0. The minimum Gasteiger partial charge on any atom is -0.472 e. The van der Waals surface area contributed by atoms with Crippen molar-refractivity contribution in [2.75, 3.05) is 0 Å². The summed E-state index contributed by atoms with van der Waals surface area (Å²) in [6.07, 6.45) is 4.61. The lowest BCUT2D eigenvalue weighted by atomic mass is 10.2. The molecule has 0 aromatic carbocycles. The van der Waals surface area contributed by atoms with E-state index in [0.29, 0.717) is 4.90 Å². The molecule has 2 heterocycles. The number of nitrogens with one attached hydrogen (secondary N) is 1. The summed E-state index contributed by atoms with van der Waals surface area (Å²) < 4.78 is 24.3. The van der Waals surface area contributed by atoms with Crippen LogP contribution in [0.4, 0.5) is 0 Å². The number of H-pyrrole nitrogens is 1. The fourth-order valence-corrected chi connectivity index (χ4v) is 1.44. The number of rotatable bonds is 2. The van der Waals surface area contributed by atoms with E-state index in [-0.39, 0.29) is 0 Å². The van der Waals surface area contributed by atoms with Crippen LogP contribution < -0.4 is 0 Å². The summed E-state index contributed by atoms with van der Waals surface area (Å²) in [5.41, 5.74) is 1.63. The highest BCUT2D eigenvalue weighted by molar-refractivity contribution is 7.79. The number of hydrogen-bond donors (Lipinski definition) is 2. The van der Waals surface area contributed by atoms with Crippen LogP contribution in [0.15, 0.2) is 40.2 Å². The lowest BCUT2D eigenvalue weighted by molar-refractivity contribution is 0.564. The predicted octanol–water partition coefficient (Wildman–Crippen LogP) is 1.86. The van der Waals surface area contributed by atoms with Gasteiger partial charge in [0.15, 0.2) is 11.1 Å². The van der Waals surface area contributed by atoms with Crippen molar-refractivity contribution >= 4 is 11.1 Å². The molecule has 68 valence electrons. The first-order chi connectivity index (χ1) is 6.27. The van der Waals surface area contributed by atoms with E-state index >= 15 is 0 Å². The zero-order chi connectivity index (χ0) is 9.26. The summed E-state index contributed by atoms with van der Waals surface area (Å²) in [7, 11) is 0. The summed E-state index contributed by atoms with van der Waals surface area (Å²) in [5.74, 6) is 0. The molecule has 2 aromatic rings. The van der Waals surface area contributed by atoms with Crippen LogP contribution in [0.2, 0.25) is 0 Å². The first-order valence-corrected chi connectivity index (χ1v) is 4.70. The van der Waals surface area contributed by atoms with E-state index in [9.17, 15) is 4.21 Å². The van der Waals surface area contributed by atoms with E-state index in [1.807, 2.05) is 0 Å². The Morgan fingerprint density at radius 2 is 2.38 bits per heavy atom. The maximum atomic E-state index is 10.7. The Hall–Kier alpha value is -1.33. The van der Waals surface area contributed by atoms with E-state index in [4.69, 9.17) is 8.97 Å². The fourth-order valence-electron chi connectivity index (χ4n) is 1.06. The minimum absolute atomic E-state index is 0.358. The van der Waals surface area contributed by atoms with Crippen molar-refractivity contribution in [2.24, 2.45) is 0 Å². The van der Waals surface area contributed by atoms with E-state index in [0.717, 1.165) is 11.3 Å². The lowest BCUT2D eigenvalue weighted by Crippen LogP contribution is -1.82. The molecule has 0 amide bonds. The Morgan fingerprint density at radius 3 is 2.92 bits per heavy atom. The van der Waals surface area contributed by atoms with Crippen molar-refractivity contribution in [1.82, 2.24) is 4.98 Å². The highest BCUT2D eigenvalue weighted by atomic mass is 32.2. The summed E-state index contributed by atoms with van der Waals surface area (Å²) in [6.45, 7) is 0. The van der Waals surface area contributed by atoms with Gasteiger partial charge in [-0.05, 0) is 12.1 Å². The third-order valence-corrected chi connectivity index (χ3v) is 2.33. The van der Waals surface area contributed by atoms with Crippen LogP contribution in [0.25, 0.3) is 11.3 Å². The highest BCUT2D eigenvalue weighted by Gasteiger charge is 2.05. The second-order valence-corrected chi connectivity index (χ2v) is 3.48. The van der Waals surface area contributed by atoms with Crippen LogP contribution in [0, 0.1) is 0 Å². The van der Waals surface area contributed by atoms with Crippen LogP contribution in [0.5, 0.6) is 0 Å². The van der Waals surface area contributed by atoms with Crippen molar-refractivity contribution < 1.29 is 13.2 Å². The molecule has 0 fully saturated rings. The van der Waals surface area contributed by atoms with Crippen LogP contribution in [0.3, 0.4) is 0 Å².